The van der Waals surface area contributed by atoms with Gasteiger partial charge in [-0.05, 0) is 44.9 Å². The molecule has 4 nitrogen and oxygen atoms in total. The van der Waals surface area contributed by atoms with Crippen LogP contribution in [0.25, 0.3) is 0 Å². The Kier molecular flexibility index (Phi) is 4.80. The van der Waals surface area contributed by atoms with Crippen molar-refractivity contribution in [1.82, 2.24) is 5.32 Å². The smallest absolute Gasteiger partial charge is 0.251 e. The average molecular weight is 262 g/mol. The number of carbonyl (C=O) groups excluding carboxylic acids is 1. The van der Waals surface area contributed by atoms with Gasteiger partial charge in [0.25, 0.3) is 5.91 Å². The highest BCUT2D eigenvalue weighted by atomic mass is 16.5. The highest BCUT2D eigenvalue weighted by Gasteiger charge is 2.14. The summed E-state index contributed by atoms with van der Waals surface area (Å²) in [7, 11) is 0. The third-order valence-corrected chi connectivity index (χ3v) is 3.08. The van der Waals surface area contributed by atoms with E-state index in [0.717, 1.165) is 31.7 Å². The zero-order chi connectivity index (χ0) is 13.7. The average Bonchev–Trinajstić information content (AvgIpc) is 2.39. The number of ether oxygens (including phenoxy) is 1. The molecule has 0 saturated carbocycles. The van der Waals surface area contributed by atoms with E-state index in [0.29, 0.717) is 11.6 Å². The van der Waals surface area contributed by atoms with Crippen molar-refractivity contribution in [3.63, 3.8) is 0 Å². The molecular weight excluding hydrogens is 240 g/mol. The van der Waals surface area contributed by atoms with E-state index in [1.165, 1.54) is 0 Å². The van der Waals surface area contributed by atoms with Gasteiger partial charge in [0.1, 0.15) is 0 Å². The largest absolute Gasteiger partial charge is 0.380 e. The van der Waals surface area contributed by atoms with Gasteiger partial charge in [0, 0.05) is 29.9 Å². The maximum Gasteiger partial charge on any atom is 0.251 e. The summed E-state index contributed by atoms with van der Waals surface area (Å²) in [5.41, 5.74) is 1.67. The zero-order valence-corrected chi connectivity index (χ0v) is 11.6. The van der Waals surface area contributed by atoms with Gasteiger partial charge in [-0.2, -0.15) is 0 Å². The van der Waals surface area contributed by atoms with Gasteiger partial charge in [-0.25, -0.2) is 0 Å². The summed E-state index contributed by atoms with van der Waals surface area (Å²) in [5.74, 6) is -0.0291. The Hall–Kier alpha value is -1.55. The zero-order valence-electron chi connectivity index (χ0n) is 11.6. The molecule has 1 heterocycles. The van der Waals surface area contributed by atoms with Crippen LogP contribution in [-0.2, 0) is 4.74 Å². The number of carbonyl (C=O) groups is 1. The molecule has 2 N–H and O–H groups in total. The topological polar surface area (TPSA) is 50.4 Å². The number of hydrogen-bond donors (Lipinski definition) is 2. The number of benzene rings is 1. The van der Waals surface area contributed by atoms with Crippen LogP contribution in [0, 0.1) is 0 Å². The third kappa shape index (κ3) is 4.24. The fraction of sp³-hybridized carbons (Fsp3) is 0.533. The van der Waals surface area contributed by atoms with Crippen LogP contribution in [-0.4, -0.2) is 31.2 Å². The molecule has 19 heavy (non-hydrogen) atoms. The van der Waals surface area contributed by atoms with Gasteiger partial charge in [0.2, 0.25) is 0 Å². The molecule has 1 aliphatic heterocycles. The minimum atomic E-state index is -0.0291. The first kappa shape index (κ1) is 13.9. The van der Waals surface area contributed by atoms with E-state index in [4.69, 9.17) is 4.74 Å². The van der Waals surface area contributed by atoms with E-state index in [-0.39, 0.29) is 11.9 Å². The fourth-order valence-corrected chi connectivity index (χ4v) is 2.19. The van der Waals surface area contributed by atoms with Crippen LogP contribution in [0.1, 0.15) is 37.0 Å². The first-order valence-electron chi connectivity index (χ1n) is 6.90. The maximum atomic E-state index is 11.9. The van der Waals surface area contributed by atoms with Gasteiger partial charge in [-0.1, -0.05) is 6.07 Å². The molecule has 0 bridgehead atoms. The van der Waals surface area contributed by atoms with Gasteiger partial charge in [0.15, 0.2) is 0 Å². The molecule has 0 aliphatic carbocycles. The van der Waals surface area contributed by atoms with Crippen molar-refractivity contribution >= 4 is 11.6 Å². The highest BCUT2D eigenvalue weighted by Crippen LogP contribution is 2.16. The van der Waals surface area contributed by atoms with Crippen molar-refractivity contribution in [2.24, 2.45) is 0 Å². The number of rotatable bonds is 4. The van der Waals surface area contributed by atoms with Crippen LogP contribution in [0.15, 0.2) is 24.3 Å². The molecule has 1 aromatic rings. The van der Waals surface area contributed by atoms with Crippen LogP contribution < -0.4 is 10.6 Å². The summed E-state index contributed by atoms with van der Waals surface area (Å²) in [5, 5.41) is 6.32. The molecule has 2 rings (SSSR count). The van der Waals surface area contributed by atoms with Gasteiger partial charge in [0.05, 0.1) is 6.61 Å². The number of nitrogens with one attached hydrogen (secondary N) is 2. The Morgan fingerprint density at radius 3 is 2.95 bits per heavy atom. The quantitative estimate of drug-likeness (QED) is 0.876. The molecule has 1 saturated heterocycles. The van der Waals surface area contributed by atoms with E-state index in [9.17, 15) is 4.79 Å². The Bertz CT molecular complexity index is 426. The summed E-state index contributed by atoms with van der Waals surface area (Å²) in [4.78, 5) is 11.9. The number of hydrogen-bond acceptors (Lipinski definition) is 3. The molecule has 1 aliphatic rings. The minimum absolute atomic E-state index is 0.0291. The second kappa shape index (κ2) is 6.57. The second-order valence-electron chi connectivity index (χ2n) is 5.27. The Morgan fingerprint density at radius 1 is 1.42 bits per heavy atom. The molecule has 104 valence electrons. The normalized spacial score (nSPS) is 19.2. The predicted octanol–water partition coefficient (Wildman–Crippen LogP) is 2.42. The van der Waals surface area contributed by atoms with Crippen LogP contribution in [0.5, 0.6) is 0 Å². The molecule has 1 atom stereocenters. The molecule has 1 aromatic carbocycles. The fourth-order valence-electron chi connectivity index (χ4n) is 2.19. The van der Waals surface area contributed by atoms with Crippen LogP contribution in [0.3, 0.4) is 0 Å². The monoisotopic (exact) mass is 262 g/mol. The second-order valence-corrected chi connectivity index (χ2v) is 5.27. The lowest BCUT2D eigenvalue weighted by molar-refractivity contribution is 0.0876. The molecule has 0 aromatic heterocycles. The Labute approximate surface area is 114 Å². The van der Waals surface area contributed by atoms with Crippen LogP contribution >= 0.6 is 0 Å². The molecule has 1 unspecified atom stereocenters. The third-order valence-electron chi connectivity index (χ3n) is 3.08. The first-order valence-corrected chi connectivity index (χ1v) is 6.90. The summed E-state index contributed by atoms with van der Waals surface area (Å²) < 4.78 is 5.44. The molecule has 0 radical (unpaired) electrons. The Balaban J connectivity index is 1.99. The number of anilines is 1. The summed E-state index contributed by atoms with van der Waals surface area (Å²) in [6.07, 6.45) is 2.20. The van der Waals surface area contributed by atoms with Crippen molar-refractivity contribution < 1.29 is 9.53 Å². The van der Waals surface area contributed by atoms with Gasteiger partial charge in [-0.3, -0.25) is 4.79 Å². The van der Waals surface area contributed by atoms with E-state index >= 15 is 0 Å². The van der Waals surface area contributed by atoms with Gasteiger partial charge < -0.3 is 15.4 Å². The maximum absolute atomic E-state index is 11.9. The van der Waals surface area contributed by atoms with Gasteiger partial charge >= 0.3 is 0 Å². The molecule has 1 fully saturated rings. The van der Waals surface area contributed by atoms with Crippen molar-refractivity contribution in [3.05, 3.63) is 29.8 Å². The Morgan fingerprint density at radius 2 is 2.26 bits per heavy atom. The first-order chi connectivity index (χ1) is 9.15. The minimum Gasteiger partial charge on any atom is -0.380 e. The van der Waals surface area contributed by atoms with Crippen LogP contribution in [0.2, 0.25) is 0 Å². The molecule has 1 amide bonds. The number of amides is 1. The predicted molar refractivity (Wildman–Crippen MR) is 76.5 cm³/mol. The highest BCUT2D eigenvalue weighted by molar-refractivity contribution is 5.95. The van der Waals surface area contributed by atoms with Gasteiger partial charge in [-0.15, -0.1) is 0 Å². The molecule has 4 heteroatoms. The van der Waals surface area contributed by atoms with E-state index < -0.39 is 0 Å². The standard InChI is InChI=1S/C15H22N2O2/c1-11(2)16-15(18)12-5-3-6-13(9-12)17-14-7-4-8-19-10-14/h3,5-6,9,11,14,17H,4,7-8,10H2,1-2H3,(H,16,18). The lowest BCUT2D eigenvalue weighted by atomic mass is 10.1. The molecule has 0 spiro atoms. The van der Waals surface area contributed by atoms with E-state index in [1.54, 1.807) is 0 Å². The SMILES string of the molecule is CC(C)NC(=O)c1cccc(NC2CCCOC2)c1. The van der Waals surface area contributed by atoms with Crippen molar-refractivity contribution in [2.75, 3.05) is 18.5 Å². The van der Waals surface area contributed by atoms with Crippen molar-refractivity contribution in [3.8, 4) is 0 Å². The van der Waals surface area contributed by atoms with E-state index in [2.05, 4.69) is 10.6 Å². The lowest BCUT2D eigenvalue weighted by Gasteiger charge is -2.24. The molecular formula is C15H22N2O2. The van der Waals surface area contributed by atoms with Crippen molar-refractivity contribution in [2.45, 2.75) is 38.8 Å². The summed E-state index contributed by atoms with van der Waals surface area (Å²) in [6.45, 7) is 5.51. The van der Waals surface area contributed by atoms with E-state index in [1.807, 2.05) is 38.1 Å². The van der Waals surface area contributed by atoms with Crippen LogP contribution in [0.4, 0.5) is 5.69 Å². The summed E-state index contributed by atoms with van der Waals surface area (Å²) >= 11 is 0. The van der Waals surface area contributed by atoms with Crippen molar-refractivity contribution in [1.29, 1.82) is 0 Å². The summed E-state index contributed by atoms with van der Waals surface area (Å²) in [6, 6.07) is 8.11. The lowest BCUT2D eigenvalue weighted by Crippen LogP contribution is -2.31.